The van der Waals surface area contributed by atoms with Crippen molar-refractivity contribution in [1.29, 1.82) is 0 Å². The van der Waals surface area contributed by atoms with Crippen LogP contribution in [0.1, 0.15) is 425 Å². The molecule has 0 rings (SSSR count). The highest BCUT2D eigenvalue weighted by Gasteiger charge is 2.20. The summed E-state index contributed by atoms with van der Waals surface area (Å²) in [5.41, 5.74) is 0. The van der Waals surface area contributed by atoms with Crippen molar-refractivity contribution in [2.75, 3.05) is 13.2 Å². The third-order valence-corrected chi connectivity index (χ3v) is 17.2. The summed E-state index contributed by atoms with van der Waals surface area (Å²) in [6.07, 6.45) is 88.1. The van der Waals surface area contributed by atoms with Crippen molar-refractivity contribution >= 4 is 17.9 Å². The Morgan fingerprint density at radius 3 is 0.720 bits per heavy atom. The number of carbonyl (C=O) groups is 3. The van der Waals surface area contributed by atoms with Crippen LogP contribution in [0.15, 0.2) is 24.3 Å². The summed E-state index contributed by atoms with van der Waals surface area (Å²) in [6, 6.07) is 0. The van der Waals surface area contributed by atoms with Gasteiger partial charge < -0.3 is 14.2 Å². The van der Waals surface area contributed by atoms with Gasteiger partial charge in [-0.2, -0.15) is 0 Å². The van der Waals surface area contributed by atoms with Gasteiger partial charge in [0, 0.05) is 19.3 Å². The lowest BCUT2D eigenvalue weighted by Crippen LogP contribution is -2.30. The molecule has 0 spiro atoms. The van der Waals surface area contributed by atoms with E-state index in [1.807, 2.05) is 0 Å². The lowest BCUT2D eigenvalue weighted by atomic mass is 10.0. The van der Waals surface area contributed by atoms with Gasteiger partial charge in [-0.05, 0) is 44.9 Å². The van der Waals surface area contributed by atoms with Crippen LogP contribution in [0.25, 0.3) is 0 Å². The molecule has 0 aliphatic heterocycles. The predicted octanol–water partition coefficient (Wildman–Crippen LogP) is 25.7. The molecule has 0 aromatic rings. The molecule has 6 heteroatoms. The van der Waals surface area contributed by atoms with Crippen molar-refractivity contribution < 1.29 is 28.6 Å². The first-order valence-corrected chi connectivity index (χ1v) is 37.3. The van der Waals surface area contributed by atoms with E-state index in [0.717, 1.165) is 83.5 Å². The average Bonchev–Trinajstić information content (AvgIpc) is 3.47. The molecule has 0 bridgehead atoms. The fourth-order valence-corrected chi connectivity index (χ4v) is 11.6. The van der Waals surface area contributed by atoms with Crippen LogP contribution in [0.2, 0.25) is 0 Å². The minimum absolute atomic E-state index is 0.0693. The molecule has 0 amide bonds. The summed E-state index contributed by atoms with van der Waals surface area (Å²) in [5.74, 6) is -0.850. The largest absolute Gasteiger partial charge is 0.462 e. The van der Waals surface area contributed by atoms with Crippen LogP contribution in [0.5, 0.6) is 0 Å². The maximum absolute atomic E-state index is 13.0. The second-order valence-electron chi connectivity index (χ2n) is 25.6. The third-order valence-electron chi connectivity index (χ3n) is 17.2. The Morgan fingerprint density at radius 2 is 0.463 bits per heavy atom. The van der Waals surface area contributed by atoms with E-state index in [0.29, 0.717) is 19.3 Å². The van der Waals surface area contributed by atoms with Gasteiger partial charge in [0.25, 0.3) is 0 Å². The average molecular weight is 1150 g/mol. The van der Waals surface area contributed by atoms with Gasteiger partial charge in [-0.15, -0.1) is 0 Å². The summed E-state index contributed by atoms with van der Waals surface area (Å²) in [5, 5.41) is 0. The number of ether oxygens (including phenoxy) is 3. The highest BCUT2D eigenvalue weighted by molar-refractivity contribution is 5.71. The lowest BCUT2D eigenvalue weighted by Gasteiger charge is -2.18. The number of allylic oxidation sites excluding steroid dienone is 4. The molecule has 6 nitrogen and oxygen atoms in total. The van der Waals surface area contributed by atoms with Gasteiger partial charge in [0.05, 0.1) is 0 Å². The molecule has 0 saturated heterocycles. The summed E-state index contributed by atoms with van der Waals surface area (Å²) >= 11 is 0. The second kappa shape index (κ2) is 71.4. The summed E-state index contributed by atoms with van der Waals surface area (Å²) in [7, 11) is 0. The van der Waals surface area contributed by atoms with Crippen LogP contribution in [0.3, 0.4) is 0 Å². The first-order chi connectivity index (χ1) is 40.5. The van der Waals surface area contributed by atoms with Crippen LogP contribution < -0.4 is 0 Å². The quantitative estimate of drug-likeness (QED) is 0.0261. The monoisotopic (exact) mass is 1150 g/mol. The fraction of sp³-hybridized carbons (Fsp3) is 0.908. The Morgan fingerprint density at radius 1 is 0.244 bits per heavy atom. The Kier molecular flexibility index (Phi) is 69.5. The van der Waals surface area contributed by atoms with E-state index in [1.165, 1.54) is 302 Å². The number of unbranched alkanes of at least 4 members (excludes halogenated alkanes) is 55. The minimum atomic E-state index is -0.774. The Hall–Kier alpha value is -2.11. The Labute approximate surface area is 513 Å². The highest BCUT2D eigenvalue weighted by Crippen LogP contribution is 2.20. The van der Waals surface area contributed by atoms with E-state index in [9.17, 15) is 14.4 Å². The van der Waals surface area contributed by atoms with E-state index >= 15 is 0 Å². The molecule has 0 fully saturated rings. The lowest BCUT2D eigenvalue weighted by molar-refractivity contribution is -0.167. The zero-order chi connectivity index (χ0) is 59.2. The SMILES string of the molecule is CCC/C=C\C/C=C\CCCCCCCC(=O)OCC(COC(=O)CCCCCCCCCCCCCCCCCCCCCCCCCCCCCCCCC)OC(=O)CCCCCCCCCCCCCCCCCCCCCC. The van der Waals surface area contributed by atoms with Gasteiger partial charge in [-0.25, -0.2) is 0 Å². The Balaban J connectivity index is 4.12. The van der Waals surface area contributed by atoms with Crippen molar-refractivity contribution in [3.8, 4) is 0 Å². The van der Waals surface area contributed by atoms with Crippen molar-refractivity contribution in [1.82, 2.24) is 0 Å². The first-order valence-electron chi connectivity index (χ1n) is 37.3. The minimum Gasteiger partial charge on any atom is -0.462 e. The topological polar surface area (TPSA) is 78.9 Å². The molecule has 0 aliphatic carbocycles. The van der Waals surface area contributed by atoms with E-state index in [4.69, 9.17) is 14.2 Å². The van der Waals surface area contributed by atoms with E-state index in [1.54, 1.807) is 0 Å². The van der Waals surface area contributed by atoms with Crippen LogP contribution >= 0.6 is 0 Å². The van der Waals surface area contributed by atoms with Crippen molar-refractivity contribution in [3.05, 3.63) is 24.3 Å². The van der Waals surface area contributed by atoms with Gasteiger partial charge in [-0.1, -0.05) is 385 Å². The number of esters is 3. The molecule has 0 aromatic heterocycles. The van der Waals surface area contributed by atoms with Gasteiger partial charge in [0.15, 0.2) is 6.10 Å². The highest BCUT2D eigenvalue weighted by atomic mass is 16.6. The number of rotatable bonds is 70. The van der Waals surface area contributed by atoms with Gasteiger partial charge in [0.2, 0.25) is 0 Å². The molecular formula is C76H144O6. The van der Waals surface area contributed by atoms with Crippen molar-refractivity contribution in [3.63, 3.8) is 0 Å². The van der Waals surface area contributed by atoms with Crippen LogP contribution in [-0.2, 0) is 28.6 Å². The van der Waals surface area contributed by atoms with Crippen LogP contribution in [0.4, 0.5) is 0 Å². The molecular weight excluding hydrogens is 1010 g/mol. The fourth-order valence-electron chi connectivity index (χ4n) is 11.6. The van der Waals surface area contributed by atoms with Gasteiger partial charge in [0.1, 0.15) is 13.2 Å². The summed E-state index contributed by atoms with van der Waals surface area (Å²) in [6.45, 7) is 6.65. The summed E-state index contributed by atoms with van der Waals surface area (Å²) < 4.78 is 17.0. The molecule has 0 N–H and O–H groups in total. The molecule has 1 atom stereocenters. The van der Waals surface area contributed by atoms with Gasteiger partial charge >= 0.3 is 17.9 Å². The first kappa shape index (κ1) is 79.9. The third kappa shape index (κ3) is 68.7. The normalized spacial score (nSPS) is 12.1. The smallest absolute Gasteiger partial charge is 0.306 e. The summed E-state index contributed by atoms with van der Waals surface area (Å²) in [4.78, 5) is 38.4. The van der Waals surface area contributed by atoms with E-state index < -0.39 is 6.10 Å². The molecule has 0 radical (unpaired) electrons. The zero-order valence-corrected chi connectivity index (χ0v) is 55.8. The van der Waals surface area contributed by atoms with Crippen molar-refractivity contribution in [2.24, 2.45) is 0 Å². The maximum Gasteiger partial charge on any atom is 0.306 e. The molecule has 0 aromatic carbocycles. The molecule has 0 heterocycles. The molecule has 1 unspecified atom stereocenters. The molecule has 0 saturated carbocycles. The zero-order valence-electron chi connectivity index (χ0n) is 55.8. The van der Waals surface area contributed by atoms with E-state index in [-0.39, 0.29) is 31.1 Å². The second-order valence-corrected chi connectivity index (χ2v) is 25.6. The van der Waals surface area contributed by atoms with Crippen molar-refractivity contribution in [2.45, 2.75) is 431 Å². The van der Waals surface area contributed by atoms with Crippen LogP contribution in [-0.4, -0.2) is 37.2 Å². The maximum atomic E-state index is 13.0. The van der Waals surface area contributed by atoms with E-state index in [2.05, 4.69) is 45.1 Å². The number of hydrogen-bond acceptors (Lipinski definition) is 6. The Bertz CT molecular complexity index is 1320. The number of carbonyl (C=O) groups excluding carboxylic acids is 3. The molecule has 484 valence electrons. The molecule has 82 heavy (non-hydrogen) atoms. The predicted molar refractivity (Wildman–Crippen MR) is 358 cm³/mol. The van der Waals surface area contributed by atoms with Crippen LogP contribution in [0, 0.1) is 0 Å². The molecule has 0 aliphatic rings. The van der Waals surface area contributed by atoms with Gasteiger partial charge in [-0.3, -0.25) is 14.4 Å². The number of hydrogen-bond donors (Lipinski definition) is 0. The standard InChI is InChI=1S/C76H144O6/c1-4-7-10-13-16-19-22-25-27-29-31-33-34-35-36-37-38-39-40-41-42-43-45-46-48-51-54-57-60-63-66-69-75(78)81-72-73(71-80-74(77)68-65-62-59-56-53-50-24-21-18-15-12-9-6-3)82-76(79)70-67-64-61-58-55-52-49-47-44-32-30-28-26-23-20-17-14-11-8-5-2/h12,15,21,24,73H,4-11,13-14,16-20,22-23,25-72H2,1-3H3/b15-12-,24-21-.